The summed E-state index contributed by atoms with van der Waals surface area (Å²) in [6.45, 7) is 8.48. The minimum atomic E-state index is -1.23. The molecule has 0 bridgehead atoms. The van der Waals surface area contributed by atoms with Gasteiger partial charge in [-0.1, -0.05) is 18.7 Å². The monoisotopic (exact) mass is 388 g/mol. The Balaban J connectivity index is 2.04. The summed E-state index contributed by atoms with van der Waals surface area (Å²) >= 11 is 0. The number of amides is 4. The van der Waals surface area contributed by atoms with Crippen molar-refractivity contribution >= 4 is 17.8 Å². The first-order valence-electron chi connectivity index (χ1n) is 9.06. The first-order valence-corrected chi connectivity index (χ1v) is 9.06. The minimum Gasteiger partial charge on any atom is -0.489 e. The summed E-state index contributed by atoms with van der Waals surface area (Å²) in [5.74, 6) is -0.196. The Morgan fingerprint density at radius 3 is 2.50 bits per heavy atom. The first-order chi connectivity index (χ1) is 13.1. The number of imide groups is 1. The molecule has 1 aromatic carbocycles. The van der Waals surface area contributed by atoms with Crippen LogP contribution in [-0.2, 0) is 15.1 Å². The normalized spacial score (nSPS) is 19.0. The SMILES string of the molecule is C=C(C)COc1ccc(C2(C)NC(=O)N(CC(=O)NCCN(C)C)C2=O)cc1. The molecule has 0 aromatic heterocycles. The number of carbonyl (C=O) groups is 3. The average molecular weight is 388 g/mol. The number of urea groups is 1. The van der Waals surface area contributed by atoms with E-state index in [9.17, 15) is 14.4 Å². The Bertz CT molecular complexity index is 760. The van der Waals surface area contributed by atoms with Gasteiger partial charge in [0.15, 0.2) is 0 Å². The molecule has 0 aliphatic carbocycles. The summed E-state index contributed by atoms with van der Waals surface area (Å²) in [6.07, 6.45) is 0. The Morgan fingerprint density at radius 2 is 1.93 bits per heavy atom. The first kappa shape index (κ1) is 21.4. The van der Waals surface area contributed by atoms with Gasteiger partial charge in [0.05, 0.1) is 0 Å². The van der Waals surface area contributed by atoms with Crippen molar-refractivity contribution in [2.75, 3.05) is 40.3 Å². The molecule has 28 heavy (non-hydrogen) atoms. The van der Waals surface area contributed by atoms with E-state index in [1.54, 1.807) is 31.2 Å². The molecular formula is C20H28N4O4. The fourth-order valence-corrected chi connectivity index (χ4v) is 2.75. The van der Waals surface area contributed by atoms with E-state index in [0.29, 0.717) is 31.0 Å². The second kappa shape index (κ2) is 8.88. The zero-order valence-electron chi connectivity index (χ0n) is 16.9. The van der Waals surface area contributed by atoms with Crippen molar-refractivity contribution in [3.63, 3.8) is 0 Å². The van der Waals surface area contributed by atoms with Gasteiger partial charge in [0.25, 0.3) is 5.91 Å². The largest absolute Gasteiger partial charge is 0.489 e. The molecule has 8 heteroatoms. The molecule has 1 unspecified atom stereocenters. The van der Waals surface area contributed by atoms with Crippen molar-refractivity contribution in [1.29, 1.82) is 0 Å². The van der Waals surface area contributed by atoms with Crippen molar-refractivity contribution in [3.05, 3.63) is 42.0 Å². The lowest BCUT2D eigenvalue weighted by molar-refractivity contribution is -0.134. The Kier molecular flexibility index (Phi) is 6.80. The van der Waals surface area contributed by atoms with E-state index < -0.39 is 17.5 Å². The highest BCUT2D eigenvalue weighted by Gasteiger charge is 2.49. The molecule has 1 saturated heterocycles. The third-order valence-electron chi connectivity index (χ3n) is 4.37. The van der Waals surface area contributed by atoms with Crippen molar-refractivity contribution in [1.82, 2.24) is 20.4 Å². The maximum Gasteiger partial charge on any atom is 0.325 e. The van der Waals surface area contributed by atoms with Crippen molar-refractivity contribution in [3.8, 4) is 5.75 Å². The number of benzene rings is 1. The fraction of sp³-hybridized carbons (Fsp3) is 0.450. The summed E-state index contributed by atoms with van der Waals surface area (Å²) < 4.78 is 5.56. The average Bonchev–Trinajstić information content (AvgIpc) is 2.84. The van der Waals surface area contributed by atoms with E-state index in [4.69, 9.17) is 4.74 Å². The summed E-state index contributed by atoms with van der Waals surface area (Å²) in [5.41, 5.74) is 0.284. The molecule has 8 nitrogen and oxygen atoms in total. The molecule has 0 spiro atoms. The smallest absolute Gasteiger partial charge is 0.325 e. The molecule has 2 N–H and O–H groups in total. The van der Waals surface area contributed by atoms with Crippen LogP contribution < -0.4 is 15.4 Å². The number of hydrogen-bond donors (Lipinski definition) is 2. The predicted molar refractivity (Wildman–Crippen MR) is 106 cm³/mol. The van der Waals surface area contributed by atoms with Crippen LogP contribution in [0.3, 0.4) is 0 Å². The van der Waals surface area contributed by atoms with Crippen LogP contribution in [0.5, 0.6) is 5.75 Å². The second-order valence-electron chi connectivity index (χ2n) is 7.37. The number of carbonyl (C=O) groups excluding carboxylic acids is 3. The third kappa shape index (κ3) is 5.10. The van der Waals surface area contributed by atoms with Gasteiger partial charge in [0, 0.05) is 13.1 Å². The van der Waals surface area contributed by atoms with Crippen LogP contribution in [-0.4, -0.2) is 68.0 Å². The van der Waals surface area contributed by atoms with E-state index in [1.807, 2.05) is 25.9 Å². The van der Waals surface area contributed by atoms with Crippen LogP contribution in [0.4, 0.5) is 4.79 Å². The number of nitrogens with zero attached hydrogens (tertiary/aromatic N) is 2. The van der Waals surface area contributed by atoms with Gasteiger partial charge in [-0.3, -0.25) is 14.5 Å². The summed E-state index contributed by atoms with van der Waals surface area (Å²) in [7, 11) is 3.79. The molecule has 1 aromatic rings. The van der Waals surface area contributed by atoms with Gasteiger partial charge >= 0.3 is 6.03 Å². The van der Waals surface area contributed by atoms with E-state index in [1.165, 1.54) is 0 Å². The topological polar surface area (TPSA) is 91.0 Å². The van der Waals surface area contributed by atoms with E-state index >= 15 is 0 Å². The van der Waals surface area contributed by atoms with E-state index in [0.717, 1.165) is 10.5 Å². The quantitative estimate of drug-likeness (QED) is 0.488. The number of rotatable bonds is 9. The number of hydrogen-bond acceptors (Lipinski definition) is 5. The molecule has 1 aliphatic rings. The van der Waals surface area contributed by atoms with Gasteiger partial charge in [-0.15, -0.1) is 0 Å². The summed E-state index contributed by atoms with van der Waals surface area (Å²) in [4.78, 5) is 40.1. The molecule has 0 saturated carbocycles. The third-order valence-corrected chi connectivity index (χ3v) is 4.37. The Hall–Kier alpha value is -2.87. The van der Waals surface area contributed by atoms with Gasteiger partial charge in [-0.2, -0.15) is 0 Å². The highest BCUT2D eigenvalue weighted by Crippen LogP contribution is 2.30. The van der Waals surface area contributed by atoms with Crippen molar-refractivity contribution < 1.29 is 19.1 Å². The lowest BCUT2D eigenvalue weighted by Crippen LogP contribution is -2.44. The highest BCUT2D eigenvalue weighted by atomic mass is 16.5. The Labute approximate surface area is 165 Å². The lowest BCUT2D eigenvalue weighted by Gasteiger charge is -2.22. The van der Waals surface area contributed by atoms with E-state index in [-0.39, 0.29) is 12.5 Å². The zero-order chi connectivity index (χ0) is 20.9. The van der Waals surface area contributed by atoms with Crippen LogP contribution in [0, 0.1) is 0 Å². The molecule has 1 atom stereocenters. The molecule has 152 valence electrons. The maximum absolute atomic E-state index is 12.9. The van der Waals surface area contributed by atoms with Crippen LogP contribution in [0.15, 0.2) is 36.4 Å². The maximum atomic E-state index is 12.9. The van der Waals surface area contributed by atoms with Crippen molar-refractivity contribution in [2.24, 2.45) is 0 Å². The van der Waals surface area contributed by atoms with Crippen LogP contribution in [0.25, 0.3) is 0 Å². The molecule has 1 heterocycles. The summed E-state index contributed by atoms with van der Waals surface area (Å²) in [6, 6.07) is 6.34. The lowest BCUT2D eigenvalue weighted by atomic mass is 9.92. The predicted octanol–water partition coefficient (Wildman–Crippen LogP) is 1.09. The summed E-state index contributed by atoms with van der Waals surface area (Å²) in [5, 5.41) is 5.39. The molecule has 0 radical (unpaired) electrons. The molecular weight excluding hydrogens is 360 g/mol. The molecule has 1 fully saturated rings. The van der Waals surface area contributed by atoms with Crippen LogP contribution in [0.1, 0.15) is 19.4 Å². The molecule has 2 rings (SSSR count). The van der Waals surface area contributed by atoms with Gasteiger partial charge in [-0.05, 0) is 51.2 Å². The van der Waals surface area contributed by atoms with Crippen LogP contribution in [0.2, 0.25) is 0 Å². The van der Waals surface area contributed by atoms with Gasteiger partial charge in [0.1, 0.15) is 24.4 Å². The molecule has 1 aliphatic heterocycles. The Morgan fingerprint density at radius 1 is 1.29 bits per heavy atom. The van der Waals surface area contributed by atoms with Gasteiger partial charge in [0.2, 0.25) is 5.91 Å². The van der Waals surface area contributed by atoms with Gasteiger partial charge in [-0.25, -0.2) is 4.79 Å². The molecule has 4 amide bonds. The second-order valence-corrected chi connectivity index (χ2v) is 7.37. The van der Waals surface area contributed by atoms with Crippen molar-refractivity contribution in [2.45, 2.75) is 19.4 Å². The zero-order valence-corrected chi connectivity index (χ0v) is 16.9. The fourth-order valence-electron chi connectivity index (χ4n) is 2.75. The number of nitrogens with one attached hydrogen (secondary N) is 2. The van der Waals surface area contributed by atoms with E-state index in [2.05, 4.69) is 17.2 Å². The van der Waals surface area contributed by atoms with Crippen LogP contribution >= 0.6 is 0 Å². The minimum absolute atomic E-state index is 0.312. The van der Waals surface area contributed by atoms with Gasteiger partial charge < -0.3 is 20.3 Å². The number of ether oxygens (including phenoxy) is 1. The standard InChI is InChI=1S/C20H28N4O4/c1-14(2)13-28-16-8-6-15(7-9-16)20(3)18(26)24(19(27)22-20)12-17(25)21-10-11-23(4)5/h6-9H,1,10-13H2,2-5H3,(H,21,25)(H,22,27). The highest BCUT2D eigenvalue weighted by molar-refractivity contribution is 6.09. The number of likely N-dealkylation sites (N-methyl/N-ethyl adjacent to an activating group) is 1.